The van der Waals surface area contributed by atoms with E-state index in [4.69, 9.17) is 0 Å². The highest BCUT2D eigenvalue weighted by molar-refractivity contribution is 5.75. The molecule has 0 amide bonds. The van der Waals surface area contributed by atoms with Gasteiger partial charge < -0.3 is 5.11 Å². The predicted octanol–water partition coefficient (Wildman–Crippen LogP) is 3.75. The van der Waals surface area contributed by atoms with E-state index >= 15 is 0 Å². The van der Waals surface area contributed by atoms with Gasteiger partial charge in [0.05, 0.1) is 0 Å². The molecule has 0 aliphatic rings. The number of pyridine rings is 2. The lowest BCUT2D eigenvalue weighted by atomic mass is 10.0. The number of nitrogens with zero attached hydrogens (tertiary/aromatic N) is 3. The zero-order chi connectivity index (χ0) is 19.2. The normalized spacial score (nSPS) is 12.1. The maximum Gasteiger partial charge on any atom is 0.325 e. The highest BCUT2D eigenvalue weighted by atomic mass is 19.1. The van der Waals surface area contributed by atoms with Gasteiger partial charge in [0.2, 0.25) is 0 Å². The molecule has 1 atom stereocenters. The number of carboxylic acids is 1. The van der Waals surface area contributed by atoms with E-state index in [9.17, 15) is 14.3 Å². The summed E-state index contributed by atoms with van der Waals surface area (Å²) < 4.78 is 13.7. The molecule has 5 nitrogen and oxygen atoms in total. The second kappa shape index (κ2) is 8.51. The van der Waals surface area contributed by atoms with Crippen LogP contribution < -0.4 is 0 Å². The fraction of sp³-hybridized carbons (Fsp3) is 0.190. The Bertz CT molecular complexity index is 862. The van der Waals surface area contributed by atoms with Crippen molar-refractivity contribution < 1.29 is 14.3 Å². The molecule has 2 heterocycles. The van der Waals surface area contributed by atoms with Crippen molar-refractivity contribution in [3.8, 4) is 0 Å². The van der Waals surface area contributed by atoms with Gasteiger partial charge >= 0.3 is 5.97 Å². The van der Waals surface area contributed by atoms with E-state index in [0.29, 0.717) is 24.2 Å². The van der Waals surface area contributed by atoms with Crippen LogP contribution >= 0.6 is 0 Å². The van der Waals surface area contributed by atoms with Crippen LogP contribution in [0.15, 0.2) is 67.3 Å². The Morgan fingerprint density at radius 1 is 1.07 bits per heavy atom. The molecule has 3 aromatic rings. The topological polar surface area (TPSA) is 66.3 Å². The minimum atomic E-state index is -0.992. The van der Waals surface area contributed by atoms with Gasteiger partial charge in [0.15, 0.2) is 0 Å². The monoisotopic (exact) mass is 365 g/mol. The smallest absolute Gasteiger partial charge is 0.325 e. The Labute approximate surface area is 157 Å². The Kier molecular flexibility index (Phi) is 5.88. The van der Waals surface area contributed by atoms with Crippen molar-refractivity contribution in [2.45, 2.75) is 26.1 Å². The fourth-order valence-corrected chi connectivity index (χ4v) is 3.04. The van der Waals surface area contributed by atoms with Gasteiger partial charge in [-0.3, -0.25) is 19.7 Å². The van der Waals surface area contributed by atoms with Crippen LogP contribution in [0.5, 0.6) is 0 Å². The van der Waals surface area contributed by atoms with Gasteiger partial charge in [0.1, 0.15) is 11.9 Å². The van der Waals surface area contributed by atoms with Crippen LogP contribution in [0.3, 0.4) is 0 Å². The molecule has 0 spiro atoms. The molecule has 0 saturated heterocycles. The van der Waals surface area contributed by atoms with Gasteiger partial charge in [-0.15, -0.1) is 0 Å². The highest BCUT2D eigenvalue weighted by Crippen LogP contribution is 2.27. The van der Waals surface area contributed by atoms with E-state index in [2.05, 4.69) is 9.97 Å². The van der Waals surface area contributed by atoms with Gasteiger partial charge in [-0.1, -0.05) is 24.3 Å². The lowest BCUT2D eigenvalue weighted by molar-refractivity contribution is -0.144. The molecular formula is C21H20FN3O2. The number of aromatic nitrogens is 2. The first-order valence-electron chi connectivity index (χ1n) is 8.55. The van der Waals surface area contributed by atoms with Gasteiger partial charge in [-0.05, 0) is 47.4 Å². The molecule has 0 aliphatic heterocycles. The molecule has 138 valence electrons. The van der Waals surface area contributed by atoms with E-state index in [1.165, 1.54) is 12.1 Å². The predicted molar refractivity (Wildman–Crippen MR) is 99.2 cm³/mol. The summed E-state index contributed by atoms with van der Waals surface area (Å²) in [5.74, 6) is -1.34. The van der Waals surface area contributed by atoms with Crippen molar-refractivity contribution in [1.82, 2.24) is 14.9 Å². The number of benzene rings is 1. The van der Waals surface area contributed by atoms with E-state index in [-0.39, 0.29) is 5.82 Å². The van der Waals surface area contributed by atoms with E-state index in [1.54, 1.807) is 37.8 Å². The van der Waals surface area contributed by atoms with Crippen molar-refractivity contribution in [3.05, 3.63) is 95.3 Å². The largest absolute Gasteiger partial charge is 0.480 e. The summed E-state index contributed by atoms with van der Waals surface area (Å²) in [4.78, 5) is 22.2. The highest BCUT2D eigenvalue weighted by Gasteiger charge is 2.28. The fourth-order valence-electron chi connectivity index (χ4n) is 3.04. The first-order chi connectivity index (χ1) is 13.0. The number of hydrogen-bond donors (Lipinski definition) is 1. The molecule has 1 aromatic carbocycles. The zero-order valence-electron chi connectivity index (χ0n) is 14.9. The molecule has 0 unspecified atom stereocenters. The molecule has 3 rings (SSSR count). The summed E-state index contributed by atoms with van der Waals surface area (Å²) >= 11 is 0. The third-order valence-electron chi connectivity index (χ3n) is 4.31. The van der Waals surface area contributed by atoms with E-state index < -0.39 is 12.0 Å². The van der Waals surface area contributed by atoms with Gasteiger partial charge in [-0.25, -0.2) is 4.39 Å². The lowest BCUT2D eigenvalue weighted by Crippen LogP contribution is -2.33. The zero-order valence-corrected chi connectivity index (χ0v) is 14.9. The molecule has 0 radical (unpaired) electrons. The average Bonchev–Trinajstić information content (AvgIpc) is 2.66. The SMILES string of the molecule is Cc1cc([C@H](C(=O)O)N(Cc2cccnc2)Cc2cccnc2)ccc1F. The summed E-state index contributed by atoms with van der Waals surface area (Å²) in [7, 11) is 0. The number of aliphatic carboxylic acids is 1. The number of aryl methyl sites for hydroxylation is 1. The quantitative estimate of drug-likeness (QED) is 0.691. The number of halogens is 1. The van der Waals surface area contributed by atoms with Crippen LogP contribution in [0.1, 0.15) is 28.3 Å². The second-order valence-electron chi connectivity index (χ2n) is 6.38. The molecule has 1 N–H and O–H groups in total. The van der Waals surface area contributed by atoms with Crippen LogP contribution in [0, 0.1) is 12.7 Å². The summed E-state index contributed by atoms with van der Waals surface area (Å²) in [5, 5.41) is 9.95. The third-order valence-corrected chi connectivity index (χ3v) is 4.31. The molecule has 0 bridgehead atoms. The van der Waals surface area contributed by atoms with Crippen molar-refractivity contribution in [1.29, 1.82) is 0 Å². The summed E-state index contributed by atoms with van der Waals surface area (Å²) in [6, 6.07) is 10.9. The average molecular weight is 365 g/mol. The Morgan fingerprint density at radius 2 is 1.67 bits per heavy atom. The Morgan fingerprint density at radius 3 is 2.11 bits per heavy atom. The minimum Gasteiger partial charge on any atom is -0.480 e. The minimum absolute atomic E-state index is 0.353. The Balaban J connectivity index is 1.98. The van der Waals surface area contributed by atoms with E-state index in [0.717, 1.165) is 11.1 Å². The van der Waals surface area contributed by atoms with Crippen LogP contribution in [0.25, 0.3) is 0 Å². The maximum absolute atomic E-state index is 13.7. The first kappa shape index (κ1) is 18.7. The van der Waals surface area contributed by atoms with Crippen LogP contribution in [-0.2, 0) is 17.9 Å². The van der Waals surface area contributed by atoms with Crippen molar-refractivity contribution in [2.75, 3.05) is 0 Å². The lowest BCUT2D eigenvalue weighted by Gasteiger charge is -2.29. The second-order valence-corrected chi connectivity index (χ2v) is 6.38. The summed E-state index contributed by atoms with van der Waals surface area (Å²) in [6.45, 7) is 2.40. The van der Waals surface area contributed by atoms with Crippen LogP contribution in [-0.4, -0.2) is 25.9 Å². The molecule has 2 aromatic heterocycles. The number of hydrogen-bond acceptors (Lipinski definition) is 4. The number of rotatable bonds is 7. The summed E-state index contributed by atoms with van der Waals surface area (Å²) in [5.41, 5.74) is 2.74. The van der Waals surface area contributed by atoms with Crippen LogP contribution in [0.2, 0.25) is 0 Å². The molecular weight excluding hydrogens is 345 g/mol. The molecule has 27 heavy (non-hydrogen) atoms. The standard InChI is InChI=1S/C21H20FN3O2/c1-15-10-18(6-7-19(15)22)20(21(26)27)25(13-16-4-2-8-23-11-16)14-17-5-3-9-24-12-17/h2-12,20H,13-14H2,1H3,(H,26,27)/t20-/m1/s1. The molecule has 6 heteroatoms. The number of carboxylic acid groups (broad SMARTS) is 1. The van der Waals surface area contributed by atoms with Gasteiger partial charge in [0, 0.05) is 37.9 Å². The van der Waals surface area contributed by atoms with Gasteiger partial charge in [0.25, 0.3) is 0 Å². The first-order valence-corrected chi connectivity index (χ1v) is 8.55. The van der Waals surface area contributed by atoms with Gasteiger partial charge in [-0.2, -0.15) is 0 Å². The number of carbonyl (C=O) groups is 1. The maximum atomic E-state index is 13.7. The van der Waals surface area contributed by atoms with Crippen molar-refractivity contribution in [3.63, 3.8) is 0 Å². The third kappa shape index (κ3) is 4.74. The van der Waals surface area contributed by atoms with Crippen molar-refractivity contribution in [2.24, 2.45) is 0 Å². The van der Waals surface area contributed by atoms with Crippen LogP contribution in [0.4, 0.5) is 4.39 Å². The Hall–Kier alpha value is -3.12. The molecule has 0 fully saturated rings. The summed E-state index contributed by atoms with van der Waals surface area (Å²) in [6.07, 6.45) is 6.77. The van der Waals surface area contributed by atoms with E-state index in [1.807, 2.05) is 29.2 Å². The molecule has 0 saturated carbocycles. The van der Waals surface area contributed by atoms with Crippen molar-refractivity contribution >= 4 is 5.97 Å². The molecule has 0 aliphatic carbocycles.